The molecule has 35 heavy (non-hydrogen) atoms. The smallest absolute Gasteiger partial charge is 0.253 e. The summed E-state index contributed by atoms with van der Waals surface area (Å²) < 4.78 is 0. The zero-order valence-corrected chi connectivity index (χ0v) is 22.0. The van der Waals surface area contributed by atoms with Gasteiger partial charge in [-0.15, -0.1) is 0 Å². The van der Waals surface area contributed by atoms with Crippen molar-refractivity contribution in [3.05, 3.63) is 68.7 Å². The predicted molar refractivity (Wildman–Crippen MR) is 138 cm³/mol. The number of halogens is 3. The van der Waals surface area contributed by atoms with E-state index in [1.165, 1.54) is 0 Å². The highest BCUT2D eigenvalue weighted by Crippen LogP contribution is 2.36. The van der Waals surface area contributed by atoms with E-state index in [9.17, 15) is 14.4 Å². The normalized spacial score (nSPS) is 20.7. The molecule has 4 rings (SSSR count). The average Bonchev–Trinajstić information content (AvgIpc) is 3.30. The number of likely N-dealkylation sites (N-methyl/N-ethyl adjacent to an activating group) is 1. The van der Waals surface area contributed by atoms with E-state index in [0.717, 1.165) is 5.56 Å². The lowest BCUT2D eigenvalue weighted by Gasteiger charge is -2.33. The van der Waals surface area contributed by atoms with E-state index in [1.54, 1.807) is 54.1 Å². The molecule has 0 bridgehead atoms. The SMILES string of the molecule is CC(=O)N1CCC(C(=O)N2C[C@H](c3ccc(Cl)c(Cl)c3)[C@@H](N(C)C(=O)c3ccc(Cl)cc3)C2)CC1. The highest BCUT2D eigenvalue weighted by Gasteiger charge is 2.42. The van der Waals surface area contributed by atoms with Crippen molar-refractivity contribution in [2.75, 3.05) is 33.2 Å². The molecular formula is C26H28Cl3N3O3. The first-order valence-electron chi connectivity index (χ1n) is 11.7. The van der Waals surface area contributed by atoms with Crippen LogP contribution in [0, 0.1) is 5.92 Å². The fourth-order valence-electron chi connectivity index (χ4n) is 5.08. The van der Waals surface area contributed by atoms with Crippen LogP contribution in [0.15, 0.2) is 42.5 Å². The molecule has 0 radical (unpaired) electrons. The third-order valence-corrected chi connectivity index (χ3v) is 8.16. The summed E-state index contributed by atoms with van der Waals surface area (Å²) in [7, 11) is 1.77. The number of hydrogen-bond donors (Lipinski definition) is 0. The molecule has 9 heteroatoms. The van der Waals surface area contributed by atoms with Gasteiger partial charge in [0.1, 0.15) is 0 Å². The minimum absolute atomic E-state index is 0.0409. The fraction of sp³-hybridized carbons (Fsp3) is 0.423. The van der Waals surface area contributed by atoms with Gasteiger partial charge in [0, 0.05) is 62.6 Å². The molecule has 0 N–H and O–H groups in total. The van der Waals surface area contributed by atoms with E-state index in [-0.39, 0.29) is 35.6 Å². The number of piperidine rings is 1. The molecule has 3 amide bonds. The summed E-state index contributed by atoms with van der Waals surface area (Å²) in [4.78, 5) is 43.8. The van der Waals surface area contributed by atoms with E-state index in [4.69, 9.17) is 34.8 Å². The van der Waals surface area contributed by atoms with E-state index >= 15 is 0 Å². The predicted octanol–water partition coefficient (Wildman–Crippen LogP) is 4.97. The van der Waals surface area contributed by atoms with Gasteiger partial charge in [0.05, 0.1) is 16.1 Å². The summed E-state index contributed by atoms with van der Waals surface area (Å²) in [6.07, 6.45) is 1.30. The van der Waals surface area contributed by atoms with Crippen molar-refractivity contribution in [1.82, 2.24) is 14.7 Å². The van der Waals surface area contributed by atoms with Crippen LogP contribution in [0.4, 0.5) is 0 Å². The second-order valence-electron chi connectivity index (χ2n) is 9.29. The monoisotopic (exact) mass is 535 g/mol. The minimum Gasteiger partial charge on any atom is -0.343 e. The molecule has 0 unspecified atom stereocenters. The zero-order valence-electron chi connectivity index (χ0n) is 19.7. The maximum Gasteiger partial charge on any atom is 0.253 e. The minimum atomic E-state index is -0.239. The molecule has 0 aromatic heterocycles. The topological polar surface area (TPSA) is 60.9 Å². The Hall–Kier alpha value is -2.28. The molecule has 6 nitrogen and oxygen atoms in total. The molecular weight excluding hydrogens is 509 g/mol. The van der Waals surface area contributed by atoms with Crippen LogP contribution in [-0.2, 0) is 9.59 Å². The van der Waals surface area contributed by atoms with E-state index in [1.807, 2.05) is 17.0 Å². The van der Waals surface area contributed by atoms with E-state index in [0.29, 0.717) is 59.7 Å². The molecule has 2 atom stereocenters. The molecule has 2 fully saturated rings. The second kappa shape index (κ2) is 10.8. The number of nitrogens with zero attached hydrogens (tertiary/aromatic N) is 3. The van der Waals surface area contributed by atoms with Crippen molar-refractivity contribution in [1.29, 1.82) is 0 Å². The number of likely N-dealkylation sites (tertiary alicyclic amines) is 2. The lowest BCUT2D eigenvalue weighted by atomic mass is 9.93. The van der Waals surface area contributed by atoms with E-state index < -0.39 is 0 Å². The quantitative estimate of drug-likeness (QED) is 0.554. The molecule has 2 aliphatic rings. The van der Waals surface area contributed by atoms with Gasteiger partial charge in [0.25, 0.3) is 5.91 Å². The van der Waals surface area contributed by atoms with Crippen LogP contribution in [0.25, 0.3) is 0 Å². The van der Waals surface area contributed by atoms with Gasteiger partial charge >= 0.3 is 0 Å². The summed E-state index contributed by atoms with van der Waals surface area (Å²) in [5, 5.41) is 1.46. The molecule has 2 aromatic carbocycles. The third kappa shape index (κ3) is 5.60. The molecule has 186 valence electrons. The van der Waals surface area contributed by atoms with Crippen molar-refractivity contribution in [2.24, 2.45) is 5.92 Å². The summed E-state index contributed by atoms with van der Waals surface area (Å²) in [5.41, 5.74) is 1.47. The Morgan fingerprint density at radius 2 is 1.54 bits per heavy atom. The van der Waals surface area contributed by atoms with Crippen molar-refractivity contribution in [2.45, 2.75) is 31.7 Å². The molecule has 0 spiro atoms. The molecule has 0 saturated carbocycles. The van der Waals surface area contributed by atoms with Crippen molar-refractivity contribution >= 4 is 52.5 Å². The zero-order chi connectivity index (χ0) is 25.3. The summed E-state index contributed by atoms with van der Waals surface area (Å²) in [5.74, 6) is -0.267. The van der Waals surface area contributed by atoms with E-state index in [2.05, 4.69) is 0 Å². The van der Waals surface area contributed by atoms with Crippen LogP contribution in [-0.4, -0.2) is 71.7 Å². The molecule has 2 heterocycles. The van der Waals surface area contributed by atoms with Crippen LogP contribution in [0.3, 0.4) is 0 Å². The van der Waals surface area contributed by atoms with Crippen LogP contribution in [0.5, 0.6) is 0 Å². The number of carbonyl (C=O) groups excluding carboxylic acids is 3. The second-order valence-corrected chi connectivity index (χ2v) is 10.5. The van der Waals surface area contributed by atoms with Crippen molar-refractivity contribution < 1.29 is 14.4 Å². The van der Waals surface area contributed by atoms with Crippen LogP contribution in [0.2, 0.25) is 15.1 Å². The number of carbonyl (C=O) groups is 3. The first-order chi connectivity index (χ1) is 16.7. The summed E-state index contributed by atoms with van der Waals surface area (Å²) in [6.45, 7) is 3.64. The Bertz CT molecular complexity index is 1120. The highest BCUT2D eigenvalue weighted by atomic mass is 35.5. The molecule has 0 aliphatic carbocycles. The van der Waals surface area contributed by atoms with Crippen LogP contribution in [0.1, 0.15) is 41.6 Å². The van der Waals surface area contributed by atoms with Crippen molar-refractivity contribution in [3.8, 4) is 0 Å². The summed E-state index contributed by atoms with van der Waals surface area (Å²) >= 11 is 18.5. The maximum absolute atomic E-state index is 13.5. The number of benzene rings is 2. The lowest BCUT2D eigenvalue weighted by molar-refractivity contribution is -0.139. The first kappa shape index (κ1) is 25.8. The Kier molecular flexibility index (Phi) is 7.94. The highest BCUT2D eigenvalue weighted by molar-refractivity contribution is 6.42. The number of rotatable bonds is 4. The van der Waals surface area contributed by atoms with Gasteiger partial charge in [-0.25, -0.2) is 0 Å². The Morgan fingerprint density at radius 3 is 2.14 bits per heavy atom. The Balaban J connectivity index is 1.57. The molecule has 2 aliphatic heterocycles. The Morgan fingerprint density at radius 1 is 0.886 bits per heavy atom. The number of amides is 3. The molecule has 2 aromatic rings. The Labute approximate surface area is 220 Å². The lowest BCUT2D eigenvalue weighted by Crippen LogP contribution is -2.45. The largest absolute Gasteiger partial charge is 0.343 e. The van der Waals surface area contributed by atoms with Gasteiger partial charge in [-0.05, 0) is 54.8 Å². The number of hydrogen-bond acceptors (Lipinski definition) is 3. The maximum atomic E-state index is 13.5. The fourth-order valence-corrected chi connectivity index (χ4v) is 5.51. The van der Waals surface area contributed by atoms with Crippen LogP contribution >= 0.6 is 34.8 Å². The standard InChI is InChI=1S/C26H28Cl3N3O3/c1-16(33)31-11-9-18(10-12-31)26(35)32-14-21(19-5-8-22(28)23(29)13-19)24(15-32)30(2)25(34)17-3-6-20(27)7-4-17/h3-8,13,18,21,24H,9-12,14-15H2,1-2H3/t21-,24+/m1/s1. The van der Waals surface area contributed by atoms with Gasteiger partial charge in [-0.3, -0.25) is 14.4 Å². The van der Waals surface area contributed by atoms with Gasteiger partial charge in [-0.2, -0.15) is 0 Å². The van der Waals surface area contributed by atoms with Gasteiger partial charge < -0.3 is 14.7 Å². The third-order valence-electron chi connectivity index (χ3n) is 7.17. The van der Waals surface area contributed by atoms with Gasteiger partial charge in [0.15, 0.2) is 0 Å². The van der Waals surface area contributed by atoms with Gasteiger partial charge in [0.2, 0.25) is 11.8 Å². The van der Waals surface area contributed by atoms with Gasteiger partial charge in [-0.1, -0.05) is 40.9 Å². The summed E-state index contributed by atoms with van der Waals surface area (Å²) in [6, 6.07) is 12.0. The van der Waals surface area contributed by atoms with Crippen LogP contribution < -0.4 is 0 Å². The molecule has 2 saturated heterocycles. The van der Waals surface area contributed by atoms with Crippen molar-refractivity contribution in [3.63, 3.8) is 0 Å². The average molecular weight is 537 g/mol. The first-order valence-corrected chi connectivity index (χ1v) is 12.8.